The average molecular weight is 329 g/mol. The van der Waals surface area contributed by atoms with Crippen LogP contribution in [0.3, 0.4) is 0 Å². The minimum atomic E-state index is -0.0559. The van der Waals surface area contributed by atoms with E-state index >= 15 is 0 Å². The highest BCUT2D eigenvalue weighted by atomic mass is 79.9. The molecular formula is C11H13BrN4OS. The smallest absolute Gasteiger partial charge is 0.225 e. The first kappa shape index (κ1) is 13.4. The first-order valence-electron chi connectivity index (χ1n) is 5.76. The van der Waals surface area contributed by atoms with Gasteiger partial charge < -0.3 is 0 Å². The van der Waals surface area contributed by atoms with Crippen LogP contribution in [-0.4, -0.2) is 25.2 Å². The Hall–Kier alpha value is -1.08. The van der Waals surface area contributed by atoms with Gasteiger partial charge in [-0.3, -0.25) is 9.48 Å². The molecule has 0 radical (unpaired) electrons. The molecule has 0 N–H and O–H groups in total. The van der Waals surface area contributed by atoms with Crippen molar-refractivity contribution >= 4 is 33.2 Å². The number of aromatic nitrogens is 4. The van der Waals surface area contributed by atoms with E-state index in [0.29, 0.717) is 21.6 Å². The van der Waals surface area contributed by atoms with Crippen LogP contribution in [0.4, 0.5) is 0 Å². The lowest BCUT2D eigenvalue weighted by Crippen LogP contribution is -2.11. The minimum Gasteiger partial charge on any atom is -0.286 e. The van der Waals surface area contributed by atoms with Gasteiger partial charge in [-0.05, 0) is 40.8 Å². The topological polar surface area (TPSA) is 60.7 Å². The van der Waals surface area contributed by atoms with Gasteiger partial charge in [-0.25, -0.2) is 0 Å². The van der Waals surface area contributed by atoms with Crippen molar-refractivity contribution in [1.29, 1.82) is 0 Å². The molecule has 0 unspecified atom stereocenters. The van der Waals surface area contributed by atoms with Crippen LogP contribution in [0, 0.1) is 0 Å². The zero-order chi connectivity index (χ0) is 13.1. The number of rotatable bonds is 5. The number of hydrogen-bond donors (Lipinski definition) is 0. The highest BCUT2D eigenvalue weighted by molar-refractivity contribution is 9.10. The molecule has 2 rings (SSSR count). The quantitative estimate of drug-likeness (QED) is 0.792. The molecule has 0 fully saturated rings. The molecule has 0 saturated heterocycles. The van der Waals surface area contributed by atoms with Crippen LogP contribution in [0.25, 0.3) is 0 Å². The molecule has 0 aromatic carbocycles. The van der Waals surface area contributed by atoms with Gasteiger partial charge >= 0.3 is 0 Å². The molecule has 0 atom stereocenters. The highest BCUT2D eigenvalue weighted by Crippen LogP contribution is 2.23. The fourth-order valence-corrected chi connectivity index (χ4v) is 2.84. The van der Waals surface area contributed by atoms with Gasteiger partial charge in [0.25, 0.3) is 0 Å². The van der Waals surface area contributed by atoms with Crippen molar-refractivity contribution in [2.45, 2.75) is 33.2 Å². The second-order valence-electron chi connectivity index (χ2n) is 3.78. The molecule has 2 heterocycles. The first-order valence-corrected chi connectivity index (χ1v) is 7.32. The van der Waals surface area contributed by atoms with Gasteiger partial charge in [0.15, 0.2) is 0 Å². The van der Waals surface area contributed by atoms with E-state index in [9.17, 15) is 4.79 Å². The summed E-state index contributed by atoms with van der Waals surface area (Å²) in [6.45, 7) is 4.66. The molecule has 0 aliphatic carbocycles. The molecule has 0 spiro atoms. The van der Waals surface area contributed by atoms with Crippen molar-refractivity contribution in [2.75, 3.05) is 0 Å². The molecule has 5 nitrogen and oxygen atoms in total. The molecule has 2 aromatic heterocycles. The van der Waals surface area contributed by atoms with Crippen LogP contribution in [0.2, 0.25) is 0 Å². The van der Waals surface area contributed by atoms with E-state index in [1.165, 1.54) is 0 Å². The summed E-state index contributed by atoms with van der Waals surface area (Å²) >= 11 is 4.52. The Morgan fingerprint density at radius 1 is 1.50 bits per heavy atom. The Morgan fingerprint density at radius 3 is 2.94 bits per heavy atom. The number of carbonyl (C=O) groups is 1. The Morgan fingerprint density at radius 2 is 2.28 bits per heavy atom. The van der Waals surface area contributed by atoms with Crippen LogP contribution in [0.1, 0.15) is 41.3 Å². The Kier molecular flexibility index (Phi) is 4.23. The lowest BCUT2D eigenvalue weighted by atomic mass is 10.1. The fourth-order valence-electron chi connectivity index (χ4n) is 1.72. The molecule has 0 aliphatic rings. The third-order valence-corrected chi connectivity index (χ3v) is 3.91. The molecule has 18 heavy (non-hydrogen) atoms. The van der Waals surface area contributed by atoms with Crippen molar-refractivity contribution in [1.82, 2.24) is 19.4 Å². The van der Waals surface area contributed by atoms with Crippen molar-refractivity contribution in [3.05, 3.63) is 26.9 Å². The summed E-state index contributed by atoms with van der Waals surface area (Å²) < 4.78 is 6.28. The summed E-state index contributed by atoms with van der Waals surface area (Å²) in [5, 5.41) is 8.18. The van der Waals surface area contributed by atoms with E-state index in [1.54, 1.807) is 10.9 Å². The standard InChI is InChI=1S/C11H13BrN4OS/c1-3-5-8-11(18-15-14-8)10(17)9-7(12)6-13-16(9)4-2/h6H,3-5H2,1-2H3. The maximum atomic E-state index is 12.5. The molecule has 0 amide bonds. The van der Waals surface area contributed by atoms with Gasteiger partial charge in [-0.2, -0.15) is 5.10 Å². The predicted octanol–water partition coefficient (Wildman–Crippen LogP) is 2.70. The van der Waals surface area contributed by atoms with E-state index in [2.05, 4.69) is 37.5 Å². The third kappa shape index (κ3) is 2.37. The molecule has 2 aromatic rings. The highest BCUT2D eigenvalue weighted by Gasteiger charge is 2.23. The monoisotopic (exact) mass is 328 g/mol. The second kappa shape index (κ2) is 5.71. The van der Waals surface area contributed by atoms with Gasteiger partial charge in [0.05, 0.1) is 16.4 Å². The Labute approximate surface area is 118 Å². The van der Waals surface area contributed by atoms with Crippen molar-refractivity contribution in [2.24, 2.45) is 0 Å². The first-order chi connectivity index (χ1) is 8.69. The largest absolute Gasteiger partial charge is 0.286 e. The molecule has 0 bridgehead atoms. The van der Waals surface area contributed by atoms with E-state index < -0.39 is 0 Å². The fraction of sp³-hybridized carbons (Fsp3) is 0.455. The van der Waals surface area contributed by atoms with Gasteiger partial charge in [-0.1, -0.05) is 17.8 Å². The number of aryl methyl sites for hydroxylation is 2. The lowest BCUT2D eigenvalue weighted by molar-refractivity contribution is 0.103. The predicted molar refractivity (Wildman–Crippen MR) is 72.9 cm³/mol. The van der Waals surface area contributed by atoms with Crippen LogP contribution in [0.5, 0.6) is 0 Å². The summed E-state index contributed by atoms with van der Waals surface area (Å²) in [6, 6.07) is 0. The van der Waals surface area contributed by atoms with Crippen molar-refractivity contribution in [3.8, 4) is 0 Å². The molecular weight excluding hydrogens is 316 g/mol. The van der Waals surface area contributed by atoms with Crippen molar-refractivity contribution < 1.29 is 4.79 Å². The SMILES string of the molecule is CCCc1nnsc1C(=O)c1c(Br)cnn1CC. The number of carbonyl (C=O) groups excluding carboxylic acids is 1. The Bertz CT molecular complexity index is 563. The second-order valence-corrected chi connectivity index (χ2v) is 5.39. The minimum absolute atomic E-state index is 0.0559. The molecule has 96 valence electrons. The van der Waals surface area contributed by atoms with E-state index in [0.717, 1.165) is 30.1 Å². The van der Waals surface area contributed by atoms with Crippen LogP contribution in [-0.2, 0) is 13.0 Å². The van der Waals surface area contributed by atoms with Crippen LogP contribution in [0.15, 0.2) is 10.7 Å². The zero-order valence-electron chi connectivity index (χ0n) is 10.2. The van der Waals surface area contributed by atoms with E-state index in [-0.39, 0.29) is 5.78 Å². The summed E-state index contributed by atoms with van der Waals surface area (Å²) in [6.07, 6.45) is 3.36. The van der Waals surface area contributed by atoms with E-state index in [1.807, 2.05) is 6.92 Å². The molecule has 7 heteroatoms. The molecule has 0 saturated carbocycles. The van der Waals surface area contributed by atoms with Crippen LogP contribution < -0.4 is 0 Å². The summed E-state index contributed by atoms with van der Waals surface area (Å²) in [5.41, 5.74) is 1.35. The normalized spacial score (nSPS) is 10.8. The summed E-state index contributed by atoms with van der Waals surface area (Å²) in [7, 11) is 0. The Balaban J connectivity index is 2.41. The lowest BCUT2D eigenvalue weighted by Gasteiger charge is -2.03. The third-order valence-electron chi connectivity index (χ3n) is 2.56. The number of nitrogens with zero attached hydrogens (tertiary/aromatic N) is 4. The number of halogens is 1. The van der Waals surface area contributed by atoms with Gasteiger partial charge in [-0.15, -0.1) is 5.10 Å². The average Bonchev–Trinajstić information content (AvgIpc) is 2.95. The van der Waals surface area contributed by atoms with Gasteiger partial charge in [0.2, 0.25) is 5.78 Å². The van der Waals surface area contributed by atoms with Gasteiger partial charge in [0.1, 0.15) is 10.6 Å². The van der Waals surface area contributed by atoms with Crippen molar-refractivity contribution in [3.63, 3.8) is 0 Å². The summed E-state index contributed by atoms with van der Waals surface area (Å²) in [5.74, 6) is -0.0559. The maximum Gasteiger partial charge on any atom is 0.225 e. The summed E-state index contributed by atoms with van der Waals surface area (Å²) in [4.78, 5) is 13.1. The van der Waals surface area contributed by atoms with E-state index in [4.69, 9.17) is 0 Å². The maximum absolute atomic E-state index is 12.5. The van der Waals surface area contributed by atoms with Crippen LogP contribution >= 0.6 is 27.5 Å². The molecule has 0 aliphatic heterocycles. The zero-order valence-corrected chi connectivity index (χ0v) is 12.6. The number of hydrogen-bond acceptors (Lipinski definition) is 5. The van der Waals surface area contributed by atoms with Gasteiger partial charge in [0, 0.05) is 6.54 Å². The number of ketones is 1.